The van der Waals surface area contributed by atoms with Crippen LogP contribution in [-0.2, 0) is 9.59 Å². The zero-order valence-corrected chi connectivity index (χ0v) is 13.2. The zero-order chi connectivity index (χ0) is 18.3. The summed E-state index contributed by atoms with van der Waals surface area (Å²) in [7, 11) is 0. The predicted molar refractivity (Wildman–Crippen MR) is 85.6 cm³/mol. The van der Waals surface area contributed by atoms with Crippen molar-refractivity contribution in [1.29, 1.82) is 0 Å². The Labute approximate surface area is 135 Å². The molecule has 0 aliphatic carbocycles. The number of carbonyl (C=O) groups is 3. The van der Waals surface area contributed by atoms with Crippen molar-refractivity contribution >= 4 is 18.0 Å². The SMILES string of the molecule is NC(=O)NCCCC[C@H](N)C(=O)O.NCCCC[C@H](N)C(=O)O. The highest BCUT2D eigenvalue weighted by atomic mass is 16.4. The van der Waals surface area contributed by atoms with E-state index in [-0.39, 0.29) is 0 Å². The van der Waals surface area contributed by atoms with Gasteiger partial charge in [0.2, 0.25) is 0 Å². The Morgan fingerprint density at radius 1 is 0.870 bits per heavy atom. The summed E-state index contributed by atoms with van der Waals surface area (Å²) in [5.74, 6) is -1.93. The Morgan fingerprint density at radius 3 is 1.65 bits per heavy atom. The van der Waals surface area contributed by atoms with Crippen molar-refractivity contribution in [1.82, 2.24) is 5.32 Å². The van der Waals surface area contributed by atoms with Gasteiger partial charge in [-0.15, -0.1) is 0 Å². The molecular formula is C13H29N5O5. The molecule has 0 aromatic rings. The van der Waals surface area contributed by atoms with Gasteiger partial charge in [-0.05, 0) is 38.6 Å². The van der Waals surface area contributed by atoms with Crippen LogP contribution in [0.5, 0.6) is 0 Å². The number of amides is 2. The molecule has 10 heteroatoms. The summed E-state index contributed by atoms with van der Waals surface area (Å²) in [4.78, 5) is 30.6. The van der Waals surface area contributed by atoms with E-state index in [4.69, 9.17) is 33.1 Å². The molecule has 0 aliphatic heterocycles. The zero-order valence-electron chi connectivity index (χ0n) is 13.2. The van der Waals surface area contributed by atoms with Crippen LogP contribution in [0.3, 0.4) is 0 Å². The number of urea groups is 1. The van der Waals surface area contributed by atoms with Crippen LogP contribution < -0.4 is 28.3 Å². The minimum absolute atomic E-state index is 0.412. The molecule has 136 valence electrons. The Kier molecular flexibility index (Phi) is 15.2. The second-order valence-corrected chi connectivity index (χ2v) is 4.96. The topological polar surface area (TPSA) is 208 Å². The fourth-order valence-corrected chi connectivity index (χ4v) is 1.46. The lowest BCUT2D eigenvalue weighted by molar-refractivity contribution is -0.139. The number of rotatable bonds is 11. The first kappa shape index (κ1) is 23.4. The molecule has 0 aliphatic rings. The maximum Gasteiger partial charge on any atom is 0.320 e. The van der Waals surface area contributed by atoms with Gasteiger partial charge >= 0.3 is 18.0 Å². The van der Waals surface area contributed by atoms with E-state index < -0.39 is 30.1 Å². The summed E-state index contributed by atoms with van der Waals surface area (Å²) in [5.41, 5.74) is 20.5. The van der Waals surface area contributed by atoms with Gasteiger partial charge in [0, 0.05) is 6.54 Å². The molecule has 2 amide bonds. The molecule has 0 aromatic carbocycles. The standard InChI is InChI=1S/C7H15N3O3.C6H14N2O2/c8-5(6(11)12)3-1-2-4-10-7(9)13;7-4-2-1-3-5(8)6(9)10/h5H,1-4,8H2,(H,11,12)(H3,9,10,13);5H,1-4,7-8H2,(H,9,10)/t2*5-/m00/s1. The van der Waals surface area contributed by atoms with Crippen LogP contribution in [0.25, 0.3) is 0 Å². The molecule has 0 saturated carbocycles. The van der Waals surface area contributed by atoms with E-state index in [1.807, 2.05) is 0 Å². The van der Waals surface area contributed by atoms with Gasteiger partial charge in [0.1, 0.15) is 12.1 Å². The van der Waals surface area contributed by atoms with E-state index in [0.29, 0.717) is 38.8 Å². The van der Waals surface area contributed by atoms with E-state index in [1.165, 1.54) is 0 Å². The second kappa shape index (κ2) is 15.0. The summed E-state index contributed by atoms with van der Waals surface area (Å²) < 4.78 is 0. The van der Waals surface area contributed by atoms with Crippen LogP contribution in [0.2, 0.25) is 0 Å². The number of hydrogen-bond acceptors (Lipinski definition) is 6. The van der Waals surface area contributed by atoms with Crippen molar-refractivity contribution in [3.63, 3.8) is 0 Å². The van der Waals surface area contributed by atoms with E-state index >= 15 is 0 Å². The highest BCUT2D eigenvalue weighted by Gasteiger charge is 2.10. The molecule has 0 rings (SSSR count). The first-order valence-electron chi connectivity index (χ1n) is 7.42. The lowest BCUT2D eigenvalue weighted by Crippen LogP contribution is -2.31. The predicted octanol–water partition coefficient (Wildman–Crippen LogP) is -1.24. The van der Waals surface area contributed by atoms with Gasteiger partial charge in [0.25, 0.3) is 0 Å². The molecule has 23 heavy (non-hydrogen) atoms. The van der Waals surface area contributed by atoms with Crippen LogP contribution in [-0.4, -0.2) is 53.4 Å². The highest BCUT2D eigenvalue weighted by Crippen LogP contribution is 1.98. The third-order valence-electron chi connectivity index (χ3n) is 2.84. The van der Waals surface area contributed by atoms with Crippen molar-refractivity contribution in [3.05, 3.63) is 0 Å². The molecule has 11 N–H and O–H groups in total. The summed E-state index contributed by atoms with van der Waals surface area (Å²) in [6.07, 6.45) is 3.92. The minimum atomic E-state index is -0.997. The molecule has 0 unspecified atom stereocenters. The Hall–Kier alpha value is -1.91. The fraction of sp³-hybridized carbons (Fsp3) is 0.769. The van der Waals surface area contributed by atoms with Crippen molar-refractivity contribution in [2.45, 2.75) is 50.6 Å². The molecule has 0 heterocycles. The molecule has 0 aromatic heterocycles. The molecular weight excluding hydrogens is 306 g/mol. The number of carboxylic acid groups (broad SMARTS) is 2. The number of hydrogen-bond donors (Lipinski definition) is 7. The van der Waals surface area contributed by atoms with Crippen LogP contribution in [0.4, 0.5) is 4.79 Å². The summed E-state index contributed by atoms with van der Waals surface area (Å²) in [5, 5.41) is 19.1. The molecule has 0 fully saturated rings. The number of nitrogens with two attached hydrogens (primary N) is 4. The number of carboxylic acids is 2. The maximum atomic E-state index is 10.3. The average molecular weight is 335 g/mol. The van der Waals surface area contributed by atoms with Gasteiger partial charge in [-0.1, -0.05) is 6.42 Å². The largest absolute Gasteiger partial charge is 0.480 e. The Balaban J connectivity index is 0. The number of nitrogens with one attached hydrogen (secondary N) is 1. The highest BCUT2D eigenvalue weighted by molar-refractivity contribution is 5.73. The van der Waals surface area contributed by atoms with Gasteiger partial charge in [0.05, 0.1) is 0 Å². The first-order valence-corrected chi connectivity index (χ1v) is 7.42. The Morgan fingerprint density at radius 2 is 1.30 bits per heavy atom. The smallest absolute Gasteiger partial charge is 0.320 e. The van der Waals surface area contributed by atoms with Crippen LogP contribution >= 0.6 is 0 Å². The van der Waals surface area contributed by atoms with Gasteiger partial charge in [0.15, 0.2) is 0 Å². The van der Waals surface area contributed by atoms with Gasteiger partial charge in [-0.3, -0.25) is 9.59 Å². The summed E-state index contributed by atoms with van der Waals surface area (Å²) in [6.45, 7) is 1.06. The Bertz CT molecular complexity index is 354. The van der Waals surface area contributed by atoms with Crippen LogP contribution in [0, 0.1) is 0 Å². The lowest BCUT2D eigenvalue weighted by Gasteiger charge is -2.05. The normalized spacial score (nSPS) is 12.5. The van der Waals surface area contributed by atoms with E-state index in [0.717, 1.165) is 12.8 Å². The minimum Gasteiger partial charge on any atom is -0.480 e. The lowest BCUT2D eigenvalue weighted by atomic mass is 10.1. The first-order chi connectivity index (χ1) is 10.7. The van der Waals surface area contributed by atoms with Crippen LogP contribution in [0.1, 0.15) is 38.5 Å². The number of primary amides is 1. The van der Waals surface area contributed by atoms with Gasteiger partial charge in [-0.2, -0.15) is 0 Å². The third-order valence-corrected chi connectivity index (χ3v) is 2.84. The van der Waals surface area contributed by atoms with Crippen molar-refractivity contribution in [2.24, 2.45) is 22.9 Å². The number of carbonyl (C=O) groups excluding carboxylic acids is 1. The van der Waals surface area contributed by atoms with Crippen molar-refractivity contribution in [3.8, 4) is 0 Å². The molecule has 0 radical (unpaired) electrons. The third kappa shape index (κ3) is 18.0. The van der Waals surface area contributed by atoms with Gasteiger partial charge < -0.3 is 38.5 Å². The molecule has 2 atom stereocenters. The fourth-order valence-electron chi connectivity index (χ4n) is 1.46. The van der Waals surface area contributed by atoms with Crippen molar-refractivity contribution in [2.75, 3.05) is 13.1 Å². The molecule has 0 saturated heterocycles. The van der Waals surface area contributed by atoms with E-state index in [1.54, 1.807) is 0 Å². The van der Waals surface area contributed by atoms with E-state index in [2.05, 4.69) is 5.32 Å². The van der Waals surface area contributed by atoms with E-state index in [9.17, 15) is 14.4 Å². The number of aliphatic carboxylic acids is 2. The molecule has 10 nitrogen and oxygen atoms in total. The maximum absolute atomic E-state index is 10.3. The van der Waals surface area contributed by atoms with Gasteiger partial charge in [-0.25, -0.2) is 4.79 Å². The second-order valence-electron chi connectivity index (χ2n) is 4.96. The summed E-state index contributed by atoms with van der Waals surface area (Å²) >= 11 is 0. The number of unbranched alkanes of at least 4 members (excludes halogenated alkanes) is 2. The average Bonchev–Trinajstić information content (AvgIpc) is 2.46. The van der Waals surface area contributed by atoms with Crippen LogP contribution in [0.15, 0.2) is 0 Å². The quantitative estimate of drug-likeness (QED) is 0.227. The monoisotopic (exact) mass is 335 g/mol. The molecule has 0 spiro atoms. The molecule has 0 bridgehead atoms. The van der Waals surface area contributed by atoms with Crippen molar-refractivity contribution < 1.29 is 24.6 Å². The summed E-state index contributed by atoms with van der Waals surface area (Å²) in [6, 6.07) is -2.09.